The van der Waals surface area contributed by atoms with Crippen LogP contribution < -0.4 is 0 Å². The minimum Gasteiger partial charge on any atom is -0.387 e. The second kappa shape index (κ2) is 7.07. The fraction of sp³-hybridized carbons (Fsp3) is 0.786. The molecule has 0 aliphatic heterocycles. The van der Waals surface area contributed by atoms with E-state index >= 15 is 0 Å². The molecule has 0 unspecified atom stereocenters. The minimum absolute atomic E-state index is 0.151. The van der Waals surface area contributed by atoms with Crippen LogP contribution in [-0.4, -0.2) is 24.4 Å². The summed E-state index contributed by atoms with van der Waals surface area (Å²) in [6, 6.07) is 0. The van der Waals surface area contributed by atoms with E-state index in [1.54, 1.807) is 7.11 Å². The summed E-state index contributed by atoms with van der Waals surface area (Å²) in [7, 11) is 1.71. The van der Waals surface area contributed by atoms with Gasteiger partial charge in [0.25, 0.3) is 0 Å². The third-order valence-corrected chi connectivity index (χ3v) is 10.9. The molecule has 4 rings (SSSR count). The smallest absolute Gasteiger partial charge is 0.0885 e. The molecule has 1 N–H and O–H groups in total. The number of fused-ring (bicyclic) bond motifs is 5. The van der Waals surface area contributed by atoms with Crippen LogP contribution in [0.1, 0.15) is 78.6 Å². The summed E-state index contributed by atoms with van der Waals surface area (Å²) < 4.78 is 5.41. The van der Waals surface area contributed by atoms with Crippen LogP contribution in [0.15, 0.2) is 37.5 Å². The summed E-state index contributed by atoms with van der Waals surface area (Å²) in [5, 5.41) is 11.2. The van der Waals surface area contributed by atoms with Crippen molar-refractivity contribution in [1.82, 2.24) is 0 Å². The molecule has 4 aliphatic rings. The average Bonchev–Trinajstić information content (AvgIpc) is 3.00. The Kier molecular flexibility index (Phi) is 5.27. The van der Waals surface area contributed by atoms with Gasteiger partial charge in [0.2, 0.25) is 0 Å². The summed E-state index contributed by atoms with van der Waals surface area (Å²) >= 11 is 0. The molecular weight excluding hydrogens is 368 g/mol. The molecule has 0 aromatic carbocycles. The van der Waals surface area contributed by atoms with Crippen LogP contribution in [-0.2, 0) is 4.74 Å². The first-order valence-electron chi connectivity index (χ1n) is 12.2. The maximum absolute atomic E-state index is 11.2. The van der Waals surface area contributed by atoms with Crippen molar-refractivity contribution >= 4 is 0 Å². The Morgan fingerprint density at radius 1 is 1.00 bits per heavy atom. The molecule has 4 saturated carbocycles. The summed E-state index contributed by atoms with van der Waals surface area (Å²) in [6.07, 6.45) is 14.8. The predicted molar refractivity (Wildman–Crippen MR) is 125 cm³/mol. The van der Waals surface area contributed by atoms with Gasteiger partial charge in [0.05, 0.1) is 12.2 Å². The van der Waals surface area contributed by atoms with E-state index in [-0.39, 0.29) is 21.7 Å². The van der Waals surface area contributed by atoms with Gasteiger partial charge >= 0.3 is 0 Å². The van der Waals surface area contributed by atoms with Crippen LogP contribution in [0.4, 0.5) is 0 Å². The molecule has 0 amide bonds. The van der Waals surface area contributed by atoms with Crippen LogP contribution in [0, 0.1) is 39.4 Å². The minimum atomic E-state index is -0.674. The second-order valence-corrected chi connectivity index (χ2v) is 12.1. The number of methoxy groups -OCH3 is 1. The van der Waals surface area contributed by atoms with Gasteiger partial charge in [-0.05, 0) is 104 Å². The van der Waals surface area contributed by atoms with Crippen LogP contribution in [0.5, 0.6) is 0 Å². The monoisotopic (exact) mass is 412 g/mol. The van der Waals surface area contributed by atoms with Gasteiger partial charge in [0, 0.05) is 7.11 Å². The van der Waals surface area contributed by atoms with Crippen molar-refractivity contribution in [2.75, 3.05) is 13.7 Å². The van der Waals surface area contributed by atoms with Crippen LogP contribution in [0.3, 0.4) is 0 Å². The lowest BCUT2D eigenvalue weighted by Gasteiger charge is -2.69. The Morgan fingerprint density at radius 2 is 1.70 bits per heavy atom. The summed E-state index contributed by atoms with van der Waals surface area (Å²) in [6.45, 7) is 21.0. The maximum atomic E-state index is 11.2. The van der Waals surface area contributed by atoms with Crippen molar-refractivity contribution < 1.29 is 9.84 Å². The van der Waals surface area contributed by atoms with Crippen molar-refractivity contribution in [1.29, 1.82) is 0 Å². The van der Waals surface area contributed by atoms with Crippen molar-refractivity contribution in [2.24, 2.45) is 39.4 Å². The highest BCUT2D eigenvalue weighted by Crippen LogP contribution is 2.77. The summed E-state index contributed by atoms with van der Waals surface area (Å²) in [5.74, 6) is 1.79. The quantitative estimate of drug-likeness (QED) is 0.508. The molecule has 0 radical (unpaired) electrons. The number of allylic oxidation sites excluding steroid dienone is 3. The summed E-state index contributed by atoms with van der Waals surface area (Å²) in [5.41, 5.74) is 1.42. The van der Waals surface area contributed by atoms with Gasteiger partial charge < -0.3 is 9.84 Å². The van der Waals surface area contributed by atoms with Gasteiger partial charge in [-0.3, -0.25) is 0 Å². The van der Waals surface area contributed by atoms with E-state index in [1.165, 1.54) is 44.1 Å². The standard InChI is InChI=1S/C28H44O2/c1-8-27-17-16-25(6)21(20(3)4)10-15-28(25,9-2)23(27)11-13-24(5)18-26(29,19-30-7)14-12-22(24)27/h8-9,21-23,29H,1-3,10-19H2,4-7H3/t21-,22+,23-,24+,25-,26-,27-,28+/m1/s1. The fourth-order valence-corrected chi connectivity index (χ4v) is 9.79. The number of rotatable bonds is 5. The first-order chi connectivity index (χ1) is 14.1. The number of ether oxygens (including phenoxy) is 1. The van der Waals surface area contributed by atoms with Crippen molar-refractivity contribution in [2.45, 2.75) is 84.2 Å². The molecule has 0 spiro atoms. The molecule has 2 nitrogen and oxygen atoms in total. The van der Waals surface area contributed by atoms with E-state index in [0.29, 0.717) is 24.4 Å². The molecule has 30 heavy (non-hydrogen) atoms. The van der Waals surface area contributed by atoms with Gasteiger partial charge in [-0.25, -0.2) is 0 Å². The van der Waals surface area contributed by atoms with E-state index in [2.05, 4.69) is 52.7 Å². The Balaban J connectivity index is 1.76. The largest absolute Gasteiger partial charge is 0.387 e. The van der Waals surface area contributed by atoms with Gasteiger partial charge in [0.1, 0.15) is 0 Å². The lowest BCUT2D eigenvalue weighted by molar-refractivity contribution is -0.196. The van der Waals surface area contributed by atoms with E-state index < -0.39 is 5.60 Å². The highest BCUT2D eigenvalue weighted by Gasteiger charge is 2.70. The molecular formula is C28H44O2. The Hall–Kier alpha value is -0.860. The van der Waals surface area contributed by atoms with Crippen LogP contribution in [0.2, 0.25) is 0 Å². The zero-order valence-electron chi connectivity index (χ0n) is 19.9. The maximum Gasteiger partial charge on any atom is 0.0885 e. The molecule has 0 saturated heterocycles. The lowest BCUT2D eigenvalue weighted by atomic mass is 9.35. The first-order valence-corrected chi connectivity index (χ1v) is 12.2. The first kappa shape index (κ1) is 22.3. The number of hydrogen-bond donors (Lipinski definition) is 1. The molecule has 8 atom stereocenters. The lowest BCUT2D eigenvalue weighted by Crippen LogP contribution is -2.63. The van der Waals surface area contributed by atoms with Gasteiger partial charge in [-0.1, -0.05) is 38.2 Å². The second-order valence-electron chi connectivity index (χ2n) is 12.1. The Labute approximate surface area is 184 Å². The third-order valence-electron chi connectivity index (χ3n) is 10.9. The van der Waals surface area contributed by atoms with Crippen LogP contribution >= 0.6 is 0 Å². The van der Waals surface area contributed by atoms with E-state index in [0.717, 1.165) is 19.3 Å². The van der Waals surface area contributed by atoms with Gasteiger partial charge in [-0.2, -0.15) is 0 Å². The van der Waals surface area contributed by atoms with Crippen LogP contribution in [0.25, 0.3) is 0 Å². The van der Waals surface area contributed by atoms with E-state index in [9.17, 15) is 5.11 Å². The molecule has 4 aliphatic carbocycles. The van der Waals surface area contributed by atoms with Crippen molar-refractivity contribution in [3.05, 3.63) is 37.5 Å². The number of hydrogen-bond acceptors (Lipinski definition) is 2. The predicted octanol–water partition coefficient (Wildman–Crippen LogP) is 6.71. The normalized spacial score (nSPS) is 52.6. The van der Waals surface area contributed by atoms with E-state index in [1.807, 2.05) is 0 Å². The van der Waals surface area contributed by atoms with Gasteiger partial charge in [-0.15, -0.1) is 13.2 Å². The molecule has 0 heterocycles. The Bertz CT molecular complexity index is 741. The van der Waals surface area contributed by atoms with Crippen molar-refractivity contribution in [3.8, 4) is 0 Å². The molecule has 4 fully saturated rings. The highest BCUT2D eigenvalue weighted by molar-refractivity contribution is 5.29. The van der Waals surface area contributed by atoms with Gasteiger partial charge in [0.15, 0.2) is 0 Å². The zero-order valence-corrected chi connectivity index (χ0v) is 19.9. The molecule has 0 aromatic heterocycles. The summed E-state index contributed by atoms with van der Waals surface area (Å²) in [4.78, 5) is 0. The fourth-order valence-electron chi connectivity index (χ4n) is 9.79. The number of aliphatic hydroxyl groups is 1. The SMILES string of the molecule is C=C[C@]12CC[C@]3(C)[C@@H](C(=C)C)CC[C@@]3(C=C)[C@@H]1CC[C@@]1(C)C[C@@](O)(COC)CC[C@@H]12. The van der Waals surface area contributed by atoms with Crippen molar-refractivity contribution in [3.63, 3.8) is 0 Å². The topological polar surface area (TPSA) is 29.5 Å². The third kappa shape index (κ3) is 2.68. The molecule has 168 valence electrons. The molecule has 2 heteroatoms. The molecule has 0 aromatic rings. The van der Waals surface area contributed by atoms with E-state index in [4.69, 9.17) is 4.74 Å². The molecule has 0 bridgehead atoms. The average molecular weight is 413 g/mol. The highest BCUT2D eigenvalue weighted by atomic mass is 16.5. The Morgan fingerprint density at radius 3 is 2.30 bits per heavy atom. The zero-order chi connectivity index (χ0) is 22.0.